The fourth-order valence-electron chi connectivity index (χ4n) is 2.24. The SMILES string of the molecule is CC(C)c1cccc([PH](=O)c2cccc(C(C)C)c2)c1. The highest BCUT2D eigenvalue weighted by atomic mass is 31.1. The Morgan fingerprint density at radius 2 is 1.15 bits per heavy atom. The van der Waals surface area contributed by atoms with Crippen molar-refractivity contribution in [3.05, 3.63) is 59.7 Å². The number of hydrogen-bond donors (Lipinski definition) is 0. The van der Waals surface area contributed by atoms with E-state index in [4.69, 9.17) is 0 Å². The van der Waals surface area contributed by atoms with Crippen LogP contribution in [-0.2, 0) is 4.57 Å². The first-order valence-corrected chi connectivity index (χ1v) is 8.64. The van der Waals surface area contributed by atoms with E-state index in [1.54, 1.807) is 0 Å². The van der Waals surface area contributed by atoms with Crippen LogP contribution in [-0.4, -0.2) is 0 Å². The molecular formula is C18H23OP. The molecule has 0 aliphatic heterocycles. The minimum Gasteiger partial charge on any atom is -0.317 e. The lowest BCUT2D eigenvalue weighted by molar-refractivity contribution is 0.598. The van der Waals surface area contributed by atoms with Crippen molar-refractivity contribution in [3.63, 3.8) is 0 Å². The zero-order valence-corrected chi connectivity index (χ0v) is 13.7. The van der Waals surface area contributed by atoms with Gasteiger partial charge in [-0.15, -0.1) is 0 Å². The summed E-state index contributed by atoms with van der Waals surface area (Å²) in [7, 11) is -1.91. The number of hydrogen-bond acceptors (Lipinski definition) is 1. The van der Waals surface area contributed by atoms with E-state index >= 15 is 0 Å². The van der Waals surface area contributed by atoms with Gasteiger partial charge >= 0.3 is 0 Å². The molecule has 0 unspecified atom stereocenters. The van der Waals surface area contributed by atoms with E-state index in [-0.39, 0.29) is 0 Å². The second-order valence-electron chi connectivity index (χ2n) is 5.89. The van der Waals surface area contributed by atoms with Crippen molar-refractivity contribution in [2.45, 2.75) is 39.5 Å². The standard InChI is InChI=1S/C18H23OP/c1-13(2)15-7-5-9-17(11-15)20(19)18-10-6-8-16(12-18)14(3)4/h5-14,20H,1-4H3. The third kappa shape index (κ3) is 3.41. The van der Waals surface area contributed by atoms with Crippen LogP contribution in [0.2, 0.25) is 0 Å². The van der Waals surface area contributed by atoms with Crippen molar-refractivity contribution < 1.29 is 4.57 Å². The number of rotatable bonds is 4. The maximum Gasteiger partial charge on any atom is 0.131 e. The lowest BCUT2D eigenvalue weighted by atomic mass is 10.0. The Morgan fingerprint density at radius 3 is 1.50 bits per heavy atom. The summed E-state index contributed by atoms with van der Waals surface area (Å²) in [5, 5.41) is 1.92. The topological polar surface area (TPSA) is 17.1 Å². The van der Waals surface area contributed by atoms with Crippen LogP contribution in [0.3, 0.4) is 0 Å². The van der Waals surface area contributed by atoms with E-state index in [0.29, 0.717) is 11.8 Å². The molecule has 2 aromatic carbocycles. The Kier molecular flexibility index (Phi) is 4.83. The molecule has 0 aromatic heterocycles. The highest BCUT2D eigenvalue weighted by molar-refractivity contribution is 7.61. The summed E-state index contributed by atoms with van der Waals surface area (Å²) in [5.74, 6) is 0.929. The maximum absolute atomic E-state index is 12.8. The first-order chi connectivity index (χ1) is 9.49. The fourth-order valence-corrected chi connectivity index (χ4v) is 3.67. The molecule has 2 aromatic rings. The van der Waals surface area contributed by atoms with Gasteiger partial charge in [0, 0.05) is 10.6 Å². The monoisotopic (exact) mass is 286 g/mol. The number of benzene rings is 2. The van der Waals surface area contributed by atoms with Crippen LogP contribution in [0.1, 0.15) is 50.7 Å². The molecule has 0 bridgehead atoms. The summed E-state index contributed by atoms with van der Waals surface area (Å²) >= 11 is 0. The van der Waals surface area contributed by atoms with Crippen molar-refractivity contribution in [1.29, 1.82) is 0 Å². The van der Waals surface area contributed by atoms with Crippen LogP contribution < -0.4 is 10.6 Å². The van der Waals surface area contributed by atoms with Crippen molar-refractivity contribution in [3.8, 4) is 0 Å². The molecule has 20 heavy (non-hydrogen) atoms. The molecule has 0 atom stereocenters. The average Bonchev–Trinajstić information content (AvgIpc) is 2.46. The summed E-state index contributed by atoms with van der Waals surface area (Å²) in [6.07, 6.45) is 0. The van der Waals surface area contributed by atoms with Gasteiger partial charge < -0.3 is 4.57 Å². The second-order valence-corrected chi connectivity index (χ2v) is 7.70. The van der Waals surface area contributed by atoms with Crippen LogP contribution >= 0.6 is 7.80 Å². The molecule has 2 rings (SSSR count). The van der Waals surface area contributed by atoms with Crippen LogP contribution in [0.25, 0.3) is 0 Å². The third-order valence-corrected chi connectivity index (χ3v) is 5.30. The predicted molar refractivity (Wildman–Crippen MR) is 89.3 cm³/mol. The van der Waals surface area contributed by atoms with Gasteiger partial charge in [0.1, 0.15) is 7.80 Å². The molecule has 0 fully saturated rings. The van der Waals surface area contributed by atoms with Gasteiger partial charge in [0.15, 0.2) is 0 Å². The van der Waals surface area contributed by atoms with Gasteiger partial charge in [-0.1, -0.05) is 64.1 Å². The van der Waals surface area contributed by atoms with Gasteiger partial charge in [-0.25, -0.2) is 0 Å². The normalized spacial score (nSPS) is 11.6. The van der Waals surface area contributed by atoms with E-state index in [1.807, 2.05) is 24.3 Å². The molecule has 0 amide bonds. The molecule has 0 radical (unpaired) electrons. The summed E-state index contributed by atoms with van der Waals surface area (Å²) in [5.41, 5.74) is 2.50. The van der Waals surface area contributed by atoms with Crippen LogP contribution in [0.4, 0.5) is 0 Å². The Morgan fingerprint density at radius 1 is 0.750 bits per heavy atom. The summed E-state index contributed by atoms with van der Waals surface area (Å²) in [4.78, 5) is 0. The zero-order valence-electron chi connectivity index (χ0n) is 12.7. The Hall–Kier alpha value is -1.33. The van der Waals surface area contributed by atoms with Crippen molar-refractivity contribution in [1.82, 2.24) is 0 Å². The van der Waals surface area contributed by atoms with Crippen molar-refractivity contribution in [2.24, 2.45) is 0 Å². The molecule has 0 saturated carbocycles. The van der Waals surface area contributed by atoms with Crippen LogP contribution in [0.15, 0.2) is 48.5 Å². The zero-order chi connectivity index (χ0) is 14.7. The first-order valence-electron chi connectivity index (χ1n) is 7.23. The van der Waals surface area contributed by atoms with Crippen LogP contribution in [0, 0.1) is 0 Å². The summed E-state index contributed by atoms with van der Waals surface area (Å²) in [6.45, 7) is 8.65. The maximum atomic E-state index is 12.8. The molecule has 0 aliphatic carbocycles. The van der Waals surface area contributed by atoms with E-state index in [2.05, 4.69) is 52.0 Å². The molecule has 2 heteroatoms. The summed E-state index contributed by atoms with van der Waals surface area (Å²) in [6, 6.07) is 16.4. The Balaban J connectivity index is 2.36. The van der Waals surface area contributed by atoms with Gasteiger partial charge in [-0.3, -0.25) is 0 Å². The largest absolute Gasteiger partial charge is 0.317 e. The first kappa shape index (κ1) is 15.1. The molecule has 0 N–H and O–H groups in total. The average molecular weight is 286 g/mol. The Labute approximate surface area is 122 Å². The van der Waals surface area contributed by atoms with Gasteiger partial charge in [-0.05, 0) is 35.1 Å². The van der Waals surface area contributed by atoms with Gasteiger partial charge in [0.2, 0.25) is 0 Å². The van der Waals surface area contributed by atoms with Crippen molar-refractivity contribution >= 4 is 18.4 Å². The highest BCUT2D eigenvalue weighted by Gasteiger charge is 2.10. The van der Waals surface area contributed by atoms with E-state index in [0.717, 1.165) is 10.6 Å². The lowest BCUT2D eigenvalue weighted by Crippen LogP contribution is -2.08. The Bertz CT molecular complexity index is 561. The highest BCUT2D eigenvalue weighted by Crippen LogP contribution is 2.24. The molecule has 0 heterocycles. The van der Waals surface area contributed by atoms with Gasteiger partial charge in [0.25, 0.3) is 0 Å². The quantitative estimate of drug-likeness (QED) is 0.759. The molecule has 0 spiro atoms. The second kappa shape index (κ2) is 6.41. The minimum atomic E-state index is -1.91. The van der Waals surface area contributed by atoms with Gasteiger partial charge in [-0.2, -0.15) is 0 Å². The summed E-state index contributed by atoms with van der Waals surface area (Å²) < 4.78 is 12.8. The lowest BCUT2D eigenvalue weighted by Gasteiger charge is -2.10. The van der Waals surface area contributed by atoms with Crippen molar-refractivity contribution in [2.75, 3.05) is 0 Å². The molecule has 0 saturated heterocycles. The van der Waals surface area contributed by atoms with Crippen LogP contribution in [0.5, 0.6) is 0 Å². The molecule has 106 valence electrons. The molecular weight excluding hydrogens is 263 g/mol. The fraction of sp³-hybridized carbons (Fsp3) is 0.333. The van der Waals surface area contributed by atoms with E-state index in [1.165, 1.54) is 11.1 Å². The molecule has 1 nitrogen and oxygen atoms in total. The minimum absolute atomic E-state index is 0.465. The van der Waals surface area contributed by atoms with E-state index in [9.17, 15) is 4.57 Å². The smallest absolute Gasteiger partial charge is 0.131 e. The third-order valence-electron chi connectivity index (χ3n) is 3.63. The molecule has 0 aliphatic rings. The predicted octanol–water partition coefficient (Wildman–Crippen LogP) is 4.44. The van der Waals surface area contributed by atoms with Gasteiger partial charge in [0.05, 0.1) is 0 Å². The van der Waals surface area contributed by atoms with E-state index < -0.39 is 7.80 Å².